The van der Waals surface area contributed by atoms with Gasteiger partial charge in [0.25, 0.3) is 0 Å². The van der Waals surface area contributed by atoms with Crippen LogP contribution in [0.1, 0.15) is 26.3 Å². The lowest BCUT2D eigenvalue weighted by molar-refractivity contribution is 0.418. The third-order valence-corrected chi connectivity index (χ3v) is 2.29. The summed E-state index contributed by atoms with van der Waals surface area (Å²) in [5.41, 5.74) is 1.56. The van der Waals surface area contributed by atoms with E-state index in [0.717, 1.165) is 18.9 Å². The Balaban J connectivity index is 2.75. The summed E-state index contributed by atoms with van der Waals surface area (Å²) < 4.78 is 0. The van der Waals surface area contributed by atoms with E-state index < -0.39 is 0 Å². The molecular weight excluding hydrogens is 198 g/mol. The van der Waals surface area contributed by atoms with E-state index in [9.17, 15) is 0 Å². The van der Waals surface area contributed by atoms with E-state index in [0.29, 0.717) is 0 Å². The average Bonchev–Trinajstić information content (AvgIpc) is 2.16. The van der Waals surface area contributed by atoms with Crippen molar-refractivity contribution in [2.45, 2.75) is 27.3 Å². The lowest BCUT2D eigenvalue weighted by atomic mass is 9.96. The van der Waals surface area contributed by atoms with E-state index in [1.54, 1.807) is 0 Å². The maximum Gasteiger partial charge on any atom is 0.128 e. The Morgan fingerprint density at radius 1 is 1.38 bits per heavy atom. The fraction of sp³-hybridized carbons (Fsp3) is 0.615. The lowest BCUT2D eigenvalue weighted by Crippen LogP contribution is -2.29. The van der Waals surface area contributed by atoms with E-state index in [2.05, 4.69) is 49.1 Å². The average molecular weight is 221 g/mol. The summed E-state index contributed by atoms with van der Waals surface area (Å²) in [6.07, 6.45) is 1.88. The standard InChI is InChI=1S/C13H23N3/c1-13(2,3)10-16(5)12-8-11(9-14-4)6-7-15-12/h6-8,14H,9-10H2,1-5H3. The molecule has 0 amide bonds. The molecule has 0 aliphatic heterocycles. The molecule has 0 spiro atoms. The smallest absolute Gasteiger partial charge is 0.128 e. The quantitative estimate of drug-likeness (QED) is 0.845. The molecule has 3 nitrogen and oxygen atoms in total. The van der Waals surface area contributed by atoms with E-state index in [1.165, 1.54) is 5.56 Å². The van der Waals surface area contributed by atoms with Crippen LogP contribution in [-0.2, 0) is 6.54 Å². The first-order valence-corrected chi connectivity index (χ1v) is 5.73. The van der Waals surface area contributed by atoms with Crippen molar-refractivity contribution < 1.29 is 0 Å². The summed E-state index contributed by atoms with van der Waals surface area (Å²) in [6.45, 7) is 8.60. The third kappa shape index (κ3) is 4.19. The summed E-state index contributed by atoms with van der Waals surface area (Å²) in [5, 5.41) is 3.15. The highest BCUT2D eigenvalue weighted by atomic mass is 15.2. The summed E-state index contributed by atoms with van der Waals surface area (Å²) in [6, 6.07) is 4.19. The normalized spacial score (nSPS) is 11.6. The Bertz CT molecular complexity index is 328. The van der Waals surface area contributed by atoms with Crippen LogP contribution < -0.4 is 10.2 Å². The molecule has 1 heterocycles. The SMILES string of the molecule is CNCc1ccnc(N(C)CC(C)(C)C)c1. The van der Waals surface area contributed by atoms with Gasteiger partial charge >= 0.3 is 0 Å². The third-order valence-electron chi connectivity index (χ3n) is 2.29. The van der Waals surface area contributed by atoms with Gasteiger partial charge in [-0.25, -0.2) is 4.98 Å². The van der Waals surface area contributed by atoms with Gasteiger partial charge in [0.05, 0.1) is 0 Å². The molecule has 1 rings (SSSR count). The molecule has 0 radical (unpaired) electrons. The van der Waals surface area contributed by atoms with Crippen molar-refractivity contribution in [3.05, 3.63) is 23.9 Å². The molecule has 0 aromatic carbocycles. The molecule has 0 unspecified atom stereocenters. The van der Waals surface area contributed by atoms with Crippen molar-refractivity contribution in [2.24, 2.45) is 5.41 Å². The van der Waals surface area contributed by atoms with E-state index in [-0.39, 0.29) is 5.41 Å². The zero-order valence-corrected chi connectivity index (χ0v) is 11.0. The lowest BCUT2D eigenvalue weighted by Gasteiger charge is -2.27. The monoisotopic (exact) mass is 221 g/mol. The van der Waals surface area contributed by atoms with Crippen LogP contribution in [0.15, 0.2) is 18.3 Å². The van der Waals surface area contributed by atoms with Crippen LogP contribution in [0.4, 0.5) is 5.82 Å². The van der Waals surface area contributed by atoms with Gasteiger partial charge in [0.1, 0.15) is 5.82 Å². The van der Waals surface area contributed by atoms with Crippen LogP contribution in [0.3, 0.4) is 0 Å². The Morgan fingerprint density at radius 3 is 2.62 bits per heavy atom. The fourth-order valence-corrected chi connectivity index (χ4v) is 1.78. The molecule has 0 fully saturated rings. The first kappa shape index (κ1) is 13.0. The van der Waals surface area contributed by atoms with Gasteiger partial charge < -0.3 is 10.2 Å². The van der Waals surface area contributed by atoms with Crippen molar-refractivity contribution in [1.82, 2.24) is 10.3 Å². The number of aromatic nitrogens is 1. The van der Waals surface area contributed by atoms with Gasteiger partial charge in [0.15, 0.2) is 0 Å². The van der Waals surface area contributed by atoms with Crippen molar-refractivity contribution in [2.75, 3.05) is 25.5 Å². The molecule has 0 aliphatic rings. The highest BCUT2D eigenvalue weighted by Crippen LogP contribution is 2.19. The molecule has 1 N–H and O–H groups in total. The second-order valence-corrected chi connectivity index (χ2v) is 5.47. The molecule has 0 bridgehead atoms. The molecule has 0 aliphatic carbocycles. The number of nitrogens with one attached hydrogen (secondary N) is 1. The van der Waals surface area contributed by atoms with E-state index in [4.69, 9.17) is 0 Å². The number of pyridine rings is 1. The maximum absolute atomic E-state index is 4.40. The van der Waals surface area contributed by atoms with Crippen LogP contribution in [0.2, 0.25) is 0 Å². The van der Waals surface area contributed by atoms with Crippen LogP contribution >= 0.6 is 0 Å². The maximum atomic E-state index is 4.40. The minimum absolute atomic E-state index is 0.287. The highest BCUT2D eigenvalue weighted by Gasteiger charge is 2.14. The van der Waals surface area contributed by atoms with Gasteiger partial charge in [-0.3, -0.25) is 0 Å². The Labute approximate surface area is 98.9 Å². The molecule has 0 saturated heterocycles. The number of rotatable bonds is 4. The summed E-state index contributed by atoms with van der Waals surface area (Å²) in [7, 11) is 4.05. The van der Waals surface area contributed by atoms with E-state index >= 15 is 0 Å². The minimum atomic E-state index is 0.287. The van der Waals surface area contributed by atoms with Gasteiger partial charge in [0.2, 0.25) is 0 Å². The predicted molar refractivity (Wildman–Crippen MR) is 69.7 cm³/mol. The second kappa shape index (κ2) is 5.30. The van der Waals surface area contributed by atoms with Gasteiger partial charge in [0, 0.05) is 26.3 Å². The van der Waals surface area contributed by atoms with Crippen LogP contribution in [0.25, 0.3) is 0 Å². The van der Waals surface area contributed by atoms with E-state index in [1.807, 2.05) is 19.3 Å². The van der Waals surface area contributed by atoms with Crippen LogP contribution in [0.5, 0.6) is 0 Å². The molecular formula is C13H23N3. The molecule has 3 heteroatoms. The molecule has 0 saturated carbocycles. The first-order valence-electron chi connectivity index (χ1n) is 5.73. The Hall–Kier alpha value is -1.09. The number of nitrogens with zero attached hydrogens (tertiary/aromatic N) is 2. The van der Waals surface area contributed by atoms with Crippen molar-refractivity contribution >= 4 is 5.82 Å². The van der Waals surface area contributed by atoms with Crippen molar-refractivity contribution in [3.63, 3.8) is 0 Å². The second-order valence-electron chi connectivity index (χ2n) is 5.47. The Kier molecular flexibility index (Phi) is 4.30. The number of hydrogen-bond donors (Lipinski definition) is 1. The summed E-state index contributed by atoms with van der Waals surface area (Å²) in [5.74, 6) is 1.04. The zero-order chi connectivity index (χ0) is 12.2. The largest absolute Gasteiger partial charge is 0.359 e. The molecule has 90 valence electrons. The molecule has 1 aromatic rings. The molecule has 16 heavy (non-hydrogen) atoms. The van der Waals surface area contributed by atoms with Gasteiger partial charge in [-0.05, 0) is 30.2 Å². The fourth-order valence-electron chi connectivity index (χ4n) is 1.78. The number of hydrogen-bond acceptors (Lipinski definition) is 3. The van der Waals surface area contributed by atoms with Gasteiger partial charge in [-0.1, -0.05) is 20.8 Å². The Morgan fingerprint density at radius 2 is 2.06 bits per heavy atom. The summed E-state index contributed by atoms with van der Waals surface area (Å²) in [4.78, 5) is 6.61. The minimum Gasteiger partial charge on any atom is -0.359 e. The van der Waals surface area contributed by atoms with Gasteiger partial charge in [-0.15, -0.1) is 0 Å². The van der Waals surface area contributed by atoms with Crippen molar-refractivity contribution in [1.29, 1.82) is 0 Å². The zero-order valence-electron chi connectivity index (χ0n) is 11.0. The van der Waals surface area contributed by atoms with Crippen molar-refractivity contribution in [3.8, 4) is 0 Å². The molecule has 0 atom stereocenters. The van der Waals surface area contributed by atoms with Crippen LogP contribution in [0, 0.1) is 5.41 Å². The first-order chi connectivity index (χ1) is 7.42. The highest BCUT2D eigenvalue weighted by molar-refractivity contribution is 5.40. The van der Waals surface area contributed by atoms with Crippen LogP contribution in [-0.4, -0.2) is 25.6 Å². The van der Waals surface area contributed by atoms with Gasteiger partial charge in [-0.2, -0.15) is 0 Å². The summed E-state index contributed by atoms with van der Waals surface area (Å²) >= 11 is 0. The number of anilines is 1. The topological polar surface area (TPSA) is 28.2 Å². The predicted octanol–water partition coefficient (Wildman–Crippen LogP) is 2.28. The molecule has 1 aromatic heterocycles.